The van der Waals surface area contributed by atoms with E-state index in [4.69, 9.17) is 5.73 Å². The van der Waals surface area contributed by atoms with Crippen LogP contribution < -0.4 is 5.73 Å². The molecule has 0 spiro atoms. The molecule has 3 rings (SSSR count). The number of nitrogens with two attached hydrogens (primary N) is 1. The highest BCUT2D eigenvalue weighted by Gasteiger charge is 2.13. The van der Waals surface area contributed by atoms with Crippen molar-refractivity contribution in [3.8, 4) is 11.4 Å². The first-order valence-corrected chi connectivity index (χ1v) is 6.80. The van der Waals surface area contributed by atoms with Gasteiger partial charge in [0.1, 0.15) is 11.4 Å². The van der Waals surface area contributed by atoms with Crippen LogP contribution in [0.2, 0.25) is 0 Å². The summed E-state index contributed by atoms with van der Waals surface area (Å²) in [5.74, 6) is 0. The Bertz CT molecular complexity index is 776. The van der Waals surface area contributed by atoms with Gasteiger partial charge in [-0.25, -0.2) is 0 Å². The van der Waals surface area contributed by atoms with Gasteiger partial charge in [-0.05, 0) is 25.0 Å². The second-order valence-electron chi connectivity index (χ2n) is 5.05. The molecule has 3 aromatic rings. The van der Waals surface area contributed by atoms with Crippen molar-refractivity contribution in [2.75, 3.05) is 5.73 Å². The molecule has 2 N–H and O–H groups in total. The van der Waals surface area contributed by atoms with Crippen LogP contribution in [-0.2, 0) is 6.54 Å². The molecule has 5 heteroatoms. The number of aromatic nitrogens is 4. The van der Waals surface area contributed by atoms with Gasteiger partial charge in [0.2, 0.25) is 0 Å². The Labute approximate surface area is 123 Å². The molecule has 0 bridgehead atoms. The highest BCUT2D eigenvalue weighted by molar-refractivity contribution is 5.70. The van der Waals surface area contributed by atoms with Crippen molar-refractivity contribution in [2.24, 2.45) is 0 Å². The van der Waals surface area contributed by atoms with Crippen LogP contribution in [0.1, 0.15) is 16.8 Å². The molecular weight excluding hydrogens is 262 g/mol. The molecule has 2 heterocycles. The lowest BCUT2D eigenvalue weighted by Gasteiger charge is -2.05. The largest absolute Gasteiger partial charge is 0.396 e. The molecule has 0 amide bonds. The van der Waals surface area contributed by atoms with Crippen molar-refractivity contribution in [1.29, 1.82) is 0 Å². The molecule has 21 heavy (non-hydrogen) atoms. The topological polar surface area (TPSA) is 69.6 Å². The summed E-state index contributed by atoms with van der Waals surface area (Å²) >= 11 is 0. The number of rotatable bonds is 3. The highest BCUT2D eigenvalue weighted by Crippen LogP contribution is 2.24. The molecule has 1 aromatic carbocycles. The Kier molecular flexibility index (Phi) is 3.39. The number of benzene rings is 1. The molecule has 0 aliphatic carbocycles. The summed E-state index contributed by atoms with van der Waals surface area (Å²) in [4.78, 5) is 8.57. The van der Waals surface area contributed by atoms with E-state index in [0.717, 1.165) is 11.4 Å². The average Bonchev–Trinajstić information content (AvgIpc) is 2.83. The van der Waals surface area contributed by atoms with E-state index in [9.17, 15) is 0 Å². The van der Waals surface area contributed by atoms with Crippen LogP contribution >= 0.6 is 0 Å². The Hall–Kier alpha value is -2.69. The van der Waals surface area contributed by atoms with E-state index in [2.05, 4.69) is 34.1 Å². The molecule has 0 aliphatic heterocycles. The van der Waals surface area contributed by atoms with Gasteiger partial charge in [-0.15, -0.1) is 0 Å². The lowest BCUT2D eigenvalue weighted by atomic mass is 10.1. The average molecular weight is 279 g/mol. The monoisotopic (exact) mass is 279 g/mol. The number of nitrogens with zero attached hydrogens (tertiary/aromatic N) is 4. The standard InChI is InChI=1S/C16H17N5/c1-11-5-3-4-6-13(11)9-21-10-14(17)16(20-21)15-12(2)18-7-8-19-15/h3-8,10H,9,17H2,1-2H3. The predicted octanol–water partition coefficient (Wildman–Crippen LogP) is 2.59. The van der Waals surface area contributed by atoms with E-state index in [0.29, 0.717) is 17.9 Å². The minimum atomic E-state index is 0.618. The molecule has 5 nitrogen and oxygen atoms in total. The summed E-state index contributed by atoms with van der Waals surface area (Å²) < 4.78 is 1.85. The molecule has 0 atom stereocenters. The minimum absolute atomic E-state index is 0.618. The lowest BCUT2D eigenvalue weighted by molar-refractivity contribution is 0.686. The second-order valence-corrected chi connectivity index (χ2v) is 5.05. The van der Waals surface area contributed by atoms with Gasteiger partial charge in [-0.3, -0.25) is 14.6 Å². The van der Waals surface area contributed by atoms with Crippen molar-refractivity contribution in [3.05, 3.63) is 59.7 Å². The van der Waals surface area contributed by atoms with Gasteiger partial charge in [-0.1, -0.05) is 24.3 Å². The van der Waals surface area contributed by atoms with Crippen LogP contribution in [0.4, 0.5) is 5.69 Å². The van der Waals surface area contributed by atoms with Crippen molar-refractivity contribution in [3.63, 3.8) is 0 Å². The van der Waals surface area contributed by atoms with Crippen molar-refractivity contribution >= 4 is 5.69 Å². The third-order valence-corrected chi connectivity index (χ3v) is 3.49. The van der Waals surface area contributed by atoms with Gasteiger partial charge in [-0.2, -0.15) is 5.10 Å². The molecule has 0 radical (unpaired) electrons. The normalized spacial score (nSPS) is 10.8. The van der Waals surface area contributed by atoms with Crippen LogP contribution in [0.3, 0.4) is 0 Å². The van der Waals surface area contributed by atoms with E-state index in [1.165, 1.54) is 11.1 Å². The van der Waals surface area contributed by atoms with Gasteiger partial charge >= 0.3 is 0 Å². The highest BCUT2D eigenvalue weighted by atomic mass is 15.3. The first kappa shape index (κ1) is 13.3. The number of anilines is 1. The summed E-state index contributed by atoms with van der Waals surface area (Å²) in [5, 5.41) is 4.57. The first-order chi connectivity index (χ1) is 10.1. The zero-order valence-electron chi connectivity index (χ0n) is 12.1. The molecular formula is C16H17N5. The Morgan fingerprint density at radius 3 is 2.57 bits per heavy atom. The maximum absolute atomic E-state index is 6.08. The van der Waals surface area contributed by atoms with Crippen LogP contribution in [0, 0.1) is 13.8 Å². The van der Waals surface area contributed by atoms with E-state index in [1.54, 1.807) is 12.4 Å². The second kappa shape index (κ2) is 5.36. The third-order valence-electron chi connectivity index (χ3n) is 3.49. The SMILES string of the molecule is Cc1ccccc1Cn1cc(N)c(-c2nccnc2C)n1. The molecule has 0 saturated carbocycles. The summed E-state index contributed by atoms with van der Waals surface area (Å²) in [6, 6.07) is 8.25. The molecule has 0 aliphatic rings. The number of hydrogen-bond acceptors (Lipinski definition) is 4. The number of hydrogen-bond donors (Lipinski definition) is 1. The molecule has 0 saturated heterocycles. The zero-order valence-corrected chi connectivity index (χ0v) is 12.1. The third kappa shape index (κ3) is 2.63. The van der Waals surface area contributed by atoms with Crippen LogP contribution in [0.5, 0.6) is 0 Å². The van der Waals surface area contributed by atoms with Crippen LogP contribution in [-0.4, -0.2) is 19.7 Å². The first-order valence-electron chi connectivity index (χ1n) is 6.80. The summed E-state index contributed by atoms with van der Waals surface area (Å²) in [6.07, 6.45) is 5.16. The predicted molar refractivity (Wildman–Crippen MR) is 82.7 cm³/mol. The Balaban J connectivity index is 1.96. The van der Waals surface area contributed by atoms with Crippen LogP contribution in [0.15, 0.2) is 42.9 Å². The summed E-state index contributed by atoms with van der Waals surface area (Å²) in [7, 11) is 0. The van der Waals surface area contributed by atoms with Crippen molar-refractivity contribution in [1.82, 2.24) is 19.7 Å². The van der Waals surface area contributed by atoms with Gasteiger partial charge < -0.3 is 5.73 Å². The van der Waals surface area contributed by atoms with E-state index >= 15 is 0 Å². The number of nitrogen functional groups attached to an aromatic ring is 1. The van der Waals surface area contributed by atoms with Gasteiger partial charge in [0.15, 0.2) is 0 Å². The Morgan fingerprint density at radius 1 is 1.05 bits per heavy atom. The zero-order chi connectivity index (χ0) is 14.8. The van der Waals surface area contributed by atoms with Gasteiger partial charge in [0.25, 0.3) is 0 Å². The smallest absolute Gasteiger partial charge is 0.135 e. The quantitative estimate of drug-likeness (QED) is 0.800. The lowest BCUT2D eigenvalue weighted by Crippen LogP contribution is -2.02. The molecule has 106 valence electrons. The van der Waals surface area contributed by atoms with Crippen molar-refractivity contribution in [2.45, 2.75) is 20.4 Å². The minimum Gasteiger partial charge on any atom is -0.396 e. The van der Waals surface area contributed by atoms with Gasteiger partial charge in [0, 0.05) is 18.6 Å². The fraction of sp³-hybridized carbons (Fsp3) is 0.188. The fourth-order valence-corrected chi connectivity index (χ4v) is 2.30. The maximum Gasteiger partial charge on any atom is 0.135 e. The van der Waals surface area contributed by atoms with E-state index in [1.807, 2.05) is 29.9 Å². The fourth-order valence-electron chi connectivity index (χ4n) is 2.30. The maximum atomic E-state index is 6.08. The Morgan fingerprint density at radius 2 is 1.81 bits per heavy atom. The van der Waals surface area contributed by atoms with E-state index < -0.39 is 0 Å². The molecule has 2 aromatic heterocycles. The van der Waals surface area contributed by atoms with Crippen molar-refractivity contribution < 1.29 is 0 Å². The summed E-state index contributed by atoms with van der Waals surface area (Å²) in [6.45, 7) is 4.69. The molecule has 0 unspecified atom stereocenters. The van der Waals surface area contributed by atoms with E-state index in [-0.39, 0.29) is 0 Å². The summed E-state index contributed by atoms with van der Waals surface area (Å²) in [5.41, 5.74) is 11.4. The number of aryl methyl sites for hydroxylation is 2. The van der Waals surface area contributed by atoms with Crippen LogP contribution in [0.25, 0.3) is 11.4 Å². The molecule has 0 fully saturated rings. The van der Waals surface area contributed by atoms with Gasteiger partial charge in [0.05, 0.1) is 17.9 Å².